The fraction of sp³-hybridized carbons (Fsp3) is 0.200. The first kappa shape index (κ1) is 14.2. The zero-order valence-corrected chi connectivity index (χ0v) is 11.7. The fourth-order valence-electron chi connectivity index (χ4n) is 2.22. The van der Waals surface area contributed by atoms with E-state index in [1.807, 2.05) is 0 Å². The first-order valence-electron chi connectivity index (χ1n) is 6.61. The second-order valence-corrected chi connectivity index (χ2v) is 4.82. The van der Waals surface area contributed by atoms with E-state index in [1.165, 1.54) is 29.0 Å². The van der Waals surface area contributed by atoms with Crippen LogP contribution in [0.4, 0.5) is 8.78 Å². The summed E-state index contributed by atoms with van der Waals surface area (Å²) in [5, 5.41) is 0. The Balaban J connectivity index is 2.17. The maximum Gasteiger partial charge on any atom is 0.265 e. The van der Waals surface area contributed by atoms with Crippen molar-refractivity contribution in [2.75, 3.05) is 0 Å². The van der Waals surface area contributed by atoms with E-state index < -0.39 is 6.43 Å². The Morgan fingerprint density at radius 3 is 2.82 bits per heavy atom. The number of nitrogens with zero attached hydrogens (tertiary/aromatic N) is 4. The maximum atomic E-state index is 13.1. The lowest BCUT2D eigenvalue weighted by molar-refractivity contribution is 0.149. The van der Waals surface area contributed by atoms with E-state index in [9.17, 15) is 13.6 Å². The second-order valence-electron chi connectivity index (χ2n) is 4.82. The zero-order valence-electron chi connectivity index (χ0n) is 11.7. The lowest BCUT2D eigenvalue weighted by Gasteiger charge is -2.11. The van der Waals surface area contributed by atoms with Crippen LogP contribution in [0.25, 0.3) is 11.2 Å². The lowest BCUT2D eigenvalue weighted by atomic mass is 10.2. The molecule has 0 bridgehead atoms. The predicted molar refractivity (Wildman–Crippen MR) is 76.8 cm³/mol. The van der Waals surface area contributed by atoms with Crippen molar-refractivity contribution in [3.8, 4) is 0 Å². The molecule has 0 N–H and O–H groups in total. The van der Waals surface area contributed by atoms with Gasteiger partial charge in [-0.05, 0) is 25.1 Å². The highest BCUT2D eigenvalue weighted by Gasteiger charge is 2.15. The molecule has 0 aliphatic heterocycles. The molecule has 3 aromatic rings. The Bertz CT molecular complexity index is 892. The van der Waals surface area contributed by atoms with Gasteiger partial charge in [0.25, 0.3) is 12.0 Å². The van der Waals surface area contributed by atoms with Gasteiger partial charge in [0.1, 0.15) is 5.52 Å². The van der Waals surface area contributed by atoms with Crippen LogP contribution in [0.3, 0.4) is 0 Å². The molecule has 0 fully saturated rings. The van der Waals surface area contributed by atoms with Gasteiger partial charge in [0.05, 0.1) is 17.9 Å². The third kappa shape index (κ3) is 2.57. The number of pyridine rings is 2. The molecule has 22 heavy (non-hydrogen) atoms. The summed E-state index contributed by atoms with van der Waals surface area (Å²) < 4.78 is 27.4. The molecule has 0 aromatic carbocycles. The number of hydrogen-bond donors (Lipinski definition) is 0. The van der Waals surface area contributed by atoms with Crippen LogP contribution in [0, 0.1) is 6.92 Å². The molecule has 0 radical (unpaired) electrons. The average molecular weight is 302 g/mol. The van der Waals surface area contributed by atoms with E-state index in [0.717, 1.165) is 0 Å². The van der Waals surface area contributed by atoms with Crippen LogP contribution in [0.1, 0.15) is 23.4 Å². The van der Waals surface area contributed by atoms with E-state index in [-0.39, 0.29) is 23.4 Å². The molecular weight excluding hydrogens is 290 g/mol. The van der Waals surface area contributed by atoms with Crippen LogP contribution < -0.4 is 5.56 Å². The molecule has 0 aliphatic rings. The average Bonchev–Trinajstić information content (AvgIpc) is 2.50. The monoisotopic (exact) mass is 302 g/mol. The molecule has 3 aromatic heterocycles. The molecule has 3 heterocycles. The summed E-state index contributed by atoms with van der Waals surface area (Å²) in [6.45, 7) is 1.68. The summed E-state index contributed by atoms with van der Waals surface area (Å²) >= 11 is 0. The van der Waals surface area contributed by atoms with Gasteiger partial charge in [-0.15, -0.1) is 0 Å². The highest BCUT2D eigenvalue weighted by atomic mass is 19.3. The molecule has 0 unspecified atom stereocenters. The Labute approximate surface area is 124 Å². The van der Waals surface area contributed by atoms with Gasteiger partial charge in [0.2, 0.25) is 0 Å². The number of aromatic nitrogens is 4. The van der Waals surface area contributed by atoms with Gasteiger partial charge in [0.15, 0.2) is 5.65 Å². The molecule has 0 spiro atoms. The van der Waals surface area contributed by atoms with E-state index in [2.05, 4.69) is 15.0 Å². The Hall–Kier alpha value is -2.70. The summed E-state index contributed by atoms with van der Waals surface area (Å²) in [5.41, 5.74) is 1.15. The van der Waals surface area contributed by atoms with Crippen LogP contribution in [-0.2, 0) is 6.54 Å². The molecule has 0 aliphatic carbocycles. The summed E-state index contributed by atoms with van der Waals surface area (Å²) in [6, 6.07) is 5.66. The van der Waals surface area contributed by atoms with Gasteiger partial charge in [-0.25, -0.2) is 13.8 Å². The van der Waals surface area contributed by atoms with Crippen LogP contribution in [0.2, 0.25) is 0 Å². The fourth-order valence-corrected chi connectivity index (χ4v) is 2.22. The van der Waals surface area contributed by atoms with E-state index >= 15 is 0 Å². The zero-order chi connectivity index (χ0) is 15.7. The van der Waals surface area contributed by atoms with Crippen molar-refractivity contribution in [3.63, 3.8) is 0 Å². The van der Waals surface area contributed by atoms with Crippen molar-refractivity contribution >= 4 is 11.2 Å². The number of alkyl halides is 2. The van der Waals surface area contributed by atoms with Gasteiger partial charge < -0.3 is 0 Å². The van der Waals surface area contributed by atoms with Gasteiger partial charge >= 0.3 is 0 Å². The molecule has 0 amide bonds. The number of fused-ring (bicyclic) bond motifs is 1. The standard InChI is InChI=1S/C15H12F2N4O/c1-9-7-19-11-4-5-13(22)21(15(11)20-9)8-12-10(14(16)17)3-2-6-18-12/h2-7,14H,8H2,1H3. The third-order valence-corrected chi connectivity index (χ3v) is 3.28. The topological polar surface area (TPSA) is 60.7 Å². The predicted octanol–water partition coefficient (Wildman–Crippen LogP) is 2.48. The third-order valence-electron chi connectivity index (χ3n) is 3.28. The smallest absolute Gasteiger partial charge is 0.265 e. The van der Waals surface area contributed by atoms with Gasteiger partial charge in [0, 0.05) is 24.0 Å². The Kier molecular flexibility index (Phi) is 3.62. The van der Waals surface area contributed by atoms with Crippen LogP contribution in [0.15, 0.2) is 41.5 Å². The minimum Gasteiger partial charge on any atom is -0.285 e. The SMILES string of the molecule is Cc1cnc2ccc(=O)n(Cc3ncccc3C(F)F)c2n1. The molecule has 0 saturated heterocycles. The maximum absolute atomic E-state index is 13.1. The van der Waals surface area contributed by atoms with Gasteiger partial charge in [-0.2, -0.15) is 0 Å². The van der Waals surface area contributed by atoms with Crippen LogP contribution in [-0.4, -0.2) is 19.5 Å². The molecule has 112 valence electrons. The molecule has 5 nitrogen and oxygen atoms in total. The second kappa shape index (κ2) is 5.59. The molecule has 0 saturated carbocycles. The first-order valence-corrected chi connectivity index (χ1v) is 6.61. The highest BCUT2D eigenvalue weighted by Crippen LogP contribution is 2.22. The van der Waals surface area contributed by atoms with Crippen molar-refractivity contribution in [1.82, 2.24) is 19.5 Å². The van der Waals surface area contributed by atoms with Crippen LogP contribution >= 0.6 is 0 Å². The number of aryl methyl sites for hydroxylation is 1. The molecule has 3 rings (SSSR count). The Morgan fingerprint density at radius 2 is 2.05 bits per heavy atom. The van der Waals surface area contributed by atoms with Gasteiger partial charge in [-0.3, -0.25) is 19.3 Å². The minimum atomic E-state index is -2.65. The molecular formula is C15H12F2N4O. The van der Waals surface area contributed by atoms with Crippen LogP contribution in [0.5, 0.6) is 0 Å². The Morgan fingerprint density at radius 1 is 1.23 bits per heavy atom. The van der Waals surface area contributed by atoms with Crippen molar-refractivity contribution in [3.05, 3.63) is 64.0 Å². The van der Waals surface area contributed by atoms with Crippen molar-refractivity contribution in [1.29, 1.82) is 0 Å². The van der Waals surface area contributed by atoms with Crippen molar-refractivity contribution in [2.45, 2.75) is 19.9 Å². The normalized spacial score (nSPS) is 11.3. The number of hydrogen-bond acceptors (Lipinski definition) is 4. The minimum absolute atomic E-state index is 0.0746. The first-order chi connectivity index (χ1) is 10.6. The van der Waals surface area contributed by atoms with Gasteiger partial charge in [-0.1, -0.05) is 0 Å². The summed E-state index contributed by atoms with van der Waals surface area (Å²) in [7, 11) is 0. The quantitative estimate of drug-likeness (QED) is 0.745. The largest absolute Gasteiger partial charge is 0.285 e. The number of rotatable bonds is 3. The van der Waals surface area contributed by atoms with E-state index in [0.29, 0.717) is 16.9 Å². The summed E-state index contributed by atoms with van der Waals surface area (Å²) in [5.74, 6) is 0. The highest BCUT2D eigenvalue weighted by molar-refractivity contribution is 5.69. The van der Waals surface area contributed by atoms with E-state index in [1.54, 1.807) is 19.2 Å². The number of halogens is 2. The summed E-state index contributed by atoms with van der Waals surface area (Å²) in [4.78, 5) is 24.6. The van der Waals surface area contributed by atoms with E-state index in [4.69, 9.17) is 0 Å². The molecule has 0 atom stereocenters. The lowest BCUT2D eigenvalue weighted by Crippen LogP contribution is -2.22. The molecule has 7 heteroatoms. The summed E-state index contributed by atoms with van der Waals surface area (Å²) in [6.07, 6.45) is 0.360. The van der Waals surface area contributed by atoms with Crippen molar-refractivity contribution in [2.24, 2.45) is 0 Å². The van der Waals surface area contributed by atoms with Crippen molar-refractivity contribution < 1.29 is 8.78 Å².